The molecule has 0 radical (unpaired) electrons. The molecule has 2 amide bonds. The molecule has 5 nitrogen and oxygen atoms in total. The number of aryl methyl sites for hydroxylation is 1. The summed E-state index contributed by atoms with van der Waals surface area (Å²) >= 11 is 1.52. The topological polar surface area (TPSA) is 71.1 Å². The number of carbonyl (C=O) groups is 2. The van der Waals surface area contributed by atoms with Gasteiger partial charge < -0.3 is 10.6 Å². The standard InChI is InChI=1S/C17H21N3O2S/c1-3-7-18-16(22)10-19-15(21)9-14-11-23-17(20-14)13-6-4-5-12(2)8-13/h4-6,8,11H,3,7,9-10H2,1-2H3,(H,18,22)(H,19,21). The Kier molecular flexibility index (Phi) is 6.29. The second kappa shape index (κ2) is 8.43. The molecular formula is C17H21N3O2S. The summed E-state index contributed by atoms with van der Waals surface area (Å²) in [5, 5.41) is 8.11. The SMILES string of the molecule is CCCNC(=O)CNC(=O)Cc1csc(-c2cccc(C)c2)n1. The first-order valence-electron chi connectivity index (χ1n) is 7.63. The molecule has 2 aromatic rings. The molecule has 0 aliphatic heterocycles. The van der Waals surface area contributed by atoms with E-state index in [1.807, 2.05) is 37.4 Å². The first-order valence-corrected chi connectivity index (χ1v) is 8.51. The number of aromatic nitrogens is 1. The van der Waals surface area contributed by atoms with Gasteiger partial charge in [0.05, 0.1) is 18.7 Å². The Bertz CT molecular complexity index is 682. The van der Waals surface area contributed by atoms with Crippen molar-refractivity contribution in [1.82, 2.24) is 15.6 Å². The van der Waals surface area contributed by atoms with Crippen LogP contribution in [-0.4, -0.2) is 29.9 Å². The van der Waals surface area contributed by atoms with E-state index in [0.29, 0.717) is 6.54 Å². The Morgan fingerprint density at radius 1 is 1.22 bits per heavy atom. The number of thiazole rings is 1. The van der Waals surface area contributed by atoms with Crippen molar-refractivity contribution in [3.05, 3.63) is 40.9 Å². The van der Waals surface area contributed by atoms with E-state index in [1.165, 1.54) is 16.9 Å². The highest BCUT2D eigenvalue weighted by Crippen LogP contribution is 2.24. The number of rotatable bonds is 7. The normalized spacial score (nSPS) is 10.3. The number of hydrogen-bond donors (Lipinski definition) is 2. The van der Waals surface area contributed by atoms with E-state index in [-0.39, 0.29) is 24.8 Å². The summed E-state index contributed by atoms with van der Waals surface area (Å²) in [6.07, 6.45) is 1.06. The average molecular weight is 331 g/mol. The van der Waals surface area contributed by atoms with Gasteiger partial charge in [-0.2, -0.15) is 0 Å². The summed E-state index contributed by atoms with van der Waals surface area (Å²) < 4.78 is 0. The fourth-order valence-electron chi connectivity index (χ4n) is 2.03. The van der Waals surface area contributed by atoms with Gasteiger partial charge in [0.1, 0.15) is 5.01 Å². The van der Waals surface area contributed by atoms with Gasteiger partial charge in [0.2, 0.25) is 11.8 Å². The van der Waals surface area contributed by atoms with E-state index >= 15 is 0 Å². The molecule has 0 saturated heterocycles. The highest BCUT2D eigenvalue weighted by atomic mass is 32.1. The monoisotopic (exact) mass is 331 g/mol. The quantitative estimate of drug-likeness (QED) is 0.818. The van der Waals surface area contributed by atoms with Gasteiger partial charge in [-0.05, 0) is 19.4 Å². The van der Waals surface area contributed by atoms with Crippen molar-refractivity contribution in [3.63, 3.8) is 0 Å². The number of amides is 2. The third-order valence-corrected chi connectivity index (χ3v) is 4.12. The van der Waals surface area contributed by atoms with Gasteiger partial charge in [-0.1, -0.05) is 30.7 Å². The zero-order chi connectivity index (χ0) is 16.7. The number of nitrogens with zero attached hydrogens (tertiary/aromatic N) is 1. The molecule has 0 aliphatic rings. The van der Waals surface area contributed by atoms with Crippen LogP contribution in [0.5, 0.6) is 0 Å². The lowest BCUT2D eigenvalue weighted by Gasteiger charge is -2.05. The van der Waals surface area contributed by atoms with Crippen LogP contribution in [0.2, 0.25) is 0 Å². The number of nitrogens with one attached hydrogen (secondary N) is 2. The summed E-state index contributed by atoms with van der Waals surface area (Å²) in [6, 6.07) is 8.11. The van der Waals surface area contributed by atoms with Gasteiger partial charge in [0, 0.05) is 17.5 Å². The fraction of sp³-hybridized carbons (Fsp3) is 0.353. The predicted molar refractivity (Wildman–Crippen MR) is 92.3 cm³/mol. The van der Waals surface area contributed by atoms with Crippen molar-refractivity contribution in [2.24, 2.45) is 0 Å². The van der Waals surface area contributed by atoms with E-state index < -0.39 is 0 Å². The molecule has 0 spiro atoms. The molecule has 0 saturated carbocycles. The van der Waals surface area contributed by atoms with Crippen molar-refractivity contribution in [2.75, 3.05) is 13.1 Å². The Morgan fingerprint density at radius 2 is 2.04 bits per heavy atom. The first kappa shape index (κ1) is 17.1. The highest BCUT2D eigenvalue weighted by Gasteiger charge is 2.10. The molecule has 2 N–H and O–H groups in total. The fourth-order valence-corrected chi connectivity index (χ4v) is 2.85. The van der Waals surface area contributed by atoms with Crippen LogP contribution in [0.3, 0.4) is 0 Å². The second-order valence-corrected chi connectivity index (χ2v) is 6.18. The van der Waals surface area contributed by atoms with E-state index in [2.05, 4.69) is 21.7 Å². The zero-order valence-corrected chi connectivity index (χ0v) is 14.2. The van der Waals surface area contributed by atoms with Crippen LogP contribution in [0.15, 0.2) is 29.6 Å². The first-order chi connectivity index (χ1) is 11.1. The lowest BCUT2D eigenvalue weighted by Crippen LogP contribution is -2.37. The Labute approximate surface area is 140 Å². The zero-order valence-electron chi connectivity index (χ0n) is 13.4. The van der Waals surface area contributed by atoms with Gasteiger partial charge in [-0.3, -0.25) is 9.59 Å². The van der Waals surface area contributed by atoms with E-state index in [1.54, 1.807) is 0 Å². The minimum Gasteiger partial charge on any atom is -0.355 e. The smallest absolute Gasteiger partial charge is 0.239 e. The van der Waals surface area contributed by atoms with Crippen molar-refractivity contribution in [2.45, 2.75) is 26.7 Å². The van der Waals surface area contributed by atoms with Gasteiger partial charge in [0.15, 0.2) is 0 Å². The van der Waals surface area contributed by atoms with Crippen molar-refractivity contribution in [3.8, 4) is 10.6 Å². The number of hydrogen-bond acceptors (Lipinski definition) is 4. The van der Waals surface area contributed by atoms with Crippen LogP contribution < -0.4 is 10.6 Å². The Morgan fingerprint density at radius 3 is 2.78 bits per heavy atom. The summed E-state index contributed by atoms with van der Waals surface area (Å²) in [5.41, 5.74) is 2.95. The molecule has 1 aromatic carbocycles. The maximum absolute atomic E-state index is 11.9. The molecule has 0 fully saturated rings. The van der Waals surface area contributed by atoms with Crippen LogP contribution in [0.25, 0.3) is 10.6 Å². The van der Waals surface area contributed by atoms with Crippen LogP contribution in [0.4, 0.5) is 0 Å². The summed E-state index contributed by atoms with van der Waals surface area (Å²) in [5.74, 6) is -0.364. The van der Waals surface area contributed by atoms with Crippen LogP contribution >= 0.6 is 11.3 Å². The van der Waals surface area contributed by atoms with Crippen LogP contribution in [-0.2, 0) is 16.0 Å². The third-order valence-electron chi connectivity index (χ3n) is 3.18. The van der Waals surface area contributed by atoms with E-state index in [4.69, 9.17) is 0 Å². The summed E-state index contributed by atoms with van der Waals surface area (Å²) in [4.78, 5) is 27.8. The minimum absolute atomic E-state index is 0.00765. The molecule has 122 valence electrons. The van der Waals surface area contributed by atoms with Gasteiger partial charge in [0.25, 0.3) is 0 Å². The van der Waals surface area contributed by atoms with Crippen LogP contribution in [0.1, 0.15) is 24.6 Å². The molecule has 0 atom stereocenters. The predicted octanol–water partition coefficient (Wildman–Crippen LogP) is 2.30. The largest absolute Gasteiger partial charge is 0.355 e. The number of benzene rings is 1. The van der Waals surface area contributed by atoms with Gasteiger partial charge in [-0.25, -0.2) is 4.98 Å². The van der Waals surface area contributed by atoms with Gasteiger partial charge in [-0.15, -0.1) is 11.3 Å². The molecule has 0 bridgehead atoms. The third kappa shape index (κ3) is 5.49. The molecule has 6 heteroatoms. The molecule has 23 heavy (non-hydrogen) atoms. The van der Waals surface area contributed by atoms with Crippen molar-refractivity contribution < 1.29 is 9.59 Å². The molecular weight excluding hydrogens is 310 g/mol. The highest BCUT2D eigenvalue weighted by molar-refractivity contribution is 7.13. The average Bonchev–Trinajstić information content (AvgIpc) is 2.99. The summed E-state index contributed by atoms with van der Waals surface area (Å²) in [6.45, 7) is 4.65. The van der Waals surface area contributed by atoms with Crippen molar-refractivity contribution >= 4 is 23.2 Å². The van der Waals surface area contributed by atoms with Crippen LogP contribution in [0, 0.1) is 6.92 Å². The lowest BCUT2D eigenvalue weighted by molar-refractivity contribution is -0.125. The molecule has 1 heterocycles. The maximum atomic E-state index is 11.9. The van der Waals surface area contributed by atoms with E-state index in [9.17, 15) is 9.59 Å². The molecule has 1 aromatic heterocycles. The molecule has 0 aliphatic carbocycles. The maximum Gasteiger partial charge on any atom is 0.239 e. The Hall–Kier alpha value is -2.21. The van der Waals surface area contributed by atoms with Crippen molar-refractivity contribution in [1.29, 1.82) is 0 Å². The number of carbonyl (C=O) groups excluding carboxylic acids is 2. The van der Waals surface area contributed by atoms with Gasteiger partial charge >= 0.3 is 0 Å². The lowest BCUT2D eigenvalue weighted by atomic mass is 10.1. The molecule has 0 unspecified atom stereocenters. The van der Waals surface area contributed by atoms with E-state index in [0.717, 1.165) is 22.7 Å². The second-order valence-electron chi connectivity index (χ2n) is 5.32. The summed E-state index contributed by atoms with van der Waals surface area (Å²) in [7, 11) is 0. The minimum atomic E-state index is -0.197. The molecule has 2 rings (SSSR count). The Balaban J connectivity index is 1.86.